The molecule has 0 spiro atoms. The average molecular weight is 291 g/mol. The number of piperidine rings is 1. The Bertz CT molecular complexity index is 464. The minimum absolute atomic E-state index is 0.665. The zero-order valence-corrected chi connectivity index (χ0v) is 12.8. The third kappa shape index (κ3) is 3.36. The number of rotatable bonds is 3. The molecule has 116 valence electrons. The molecule has 0 bridgehead atoms. The van der Waals surface area contributed by atoms with Crippen LogP contribution in [0.25, 0.3) is 0 Å². The van der Waals surface area contributed by atoms with Crippen LogP contribution >= 0.6 is 0 Å². The molecule has 0 radical (unpaired) electrons. The average Bonchev–Trinajstić information content (AvgIpc) is 2.52. The molecular weight excluding hydrogens is 266 g/mol. The molecule has 0 aliphatic carbocycles. The van der Waals surface area contributed by atoms with E-state index in [0.717, 1.165) is 50.9 Å². The van der Waals surface area contributed by atoms with Gasteiger partial charge in [0.15, 0.2) is 11.6 Å². The number of likely N-dealkylation sites (N-methyl/N-ethyl adjacent to an activating group) is 1. The van der Waals surface area contributed by atoms with Gasteiger partial charge in [-0.05, 0) is 26.3 Å². The Hall–Kier alpha value is -1.60. The molecule has 0 saturated carbocycles. The number of anilines is 3. The van der Waals surface area contributed by atoms with Crippen molar-refractivity contribution in [3.05, 3.63) is 6.33 Å². The normalized spacial score (nSPS) is 21.5. The van der Waals surface area contributed by atoms with Crippen LogP contribution in [0.5, 0.6) is 0 Å². The number of nitrogens with zero attached hydrogens (tertiary/aromatic N) is 5. The van der Waals surface area contributed by atoms with Crippen LogP contribution in [0.2, 0.25) is 0 Å². The second-order valence-electron chi connectivity index (χ2n) is 5.91. The highest BCUT2D eigenvalue weighted by molar-refractivity contribution is 5.74. The highest BCUT2D eigenvalue weighted by Crippen LogP contribution is 2.28. The zero-order valence-electron chi connectivity index (χ0n) is 12.8. The van der Waals surface area contributed by atoms with Crippen molar-refractivity contribution in [1.29, 1.82) is 0 Å². The lowest BCUT2D eigenvalue weighted by molar-refractivity contribution is 0.178. The van der Waals surface area contributed by atoms with Crippen molar-refractivity contribution in [3.8, 4) is 0 Å². The Balaban J connectivity index is 1.70. The molecular formula is C14H25N7. The maximum atomic E-state index is 6.29. The van der Waals surface area contributed by atoms with Crippen molar-refractivity contribution in [2.24, 2.45) is 0 Å². The number of nitrogens with one attached hydrogen (secondary N) is 1. The molecule has 1 aromatic rings. The van der Waals surface area contributed by atoms with Crippen LogP contribution in [-0.4, -0.2) is 66.2 Å². The minimum atomic E-state index is 0.665. The molecule has 2 aliphatic heterocycles. The van der Waals surface area contributed by atoms with Crippen molar-refractivity contribution in [3.63, 3.8) is 0 Å². The molecule has 2 fully saturated rings. The molecule has 2 aliphatic rings. The maximum Gasteiger partial charge on any atom is 0.169 e. The van der Waals surface area contributed by atoms with Crippen molar-refractivity contribution >= 4 is 17.3 Å². The van der Waals surface area contributed by atoms with Crippen LogP contribution in [0, 0.1) is 0 Å². The number of piperazine rings is 1. The molecule has 7 nitrogen and oxygen atoms in total. The van der Waals surface area contributed by atoms with E-state index in [4.69, 9.17) is 5.73 Å². The van der Waals surface area contributed by atoms with E-state index in [1.807, 2.05) is 0 Å². The first kappa shape index (κ1) is 14.3. The van der Waals surface area contributed by atoms with Gasteiger partial charge in [0.05, 0.1) is 0 Å². The predicted molar refractivity (Wildman–Crippen MR) is 85.2 cm³/mol. The van der Waals surface area contributed by atoms with Gasteiger partial charge in [-0.2, -0.15) is 0 Å². The van der Waals surface area contributed by atoms with Gasteiger partial charge in [-0.25, -0.2) is 15.0 Å². The Morgan fingerprint density at radius 2 is 1.71 bits per heavy atom. The van der Waals surface area contributed by atoms with E-state index in [-0.39, 0.29) is 0 Å². The van der Waals surface area contributed by atoms with Gasteiger partial charge in [0.1, 0.15) is 12.0 Å². The highest BCUT2D eigenvalue weighted by Gasteiger charge is 2.19. The van der Waals surface area contributed by atoms with Gasteiger partial charge in [0.25, 0.3) is 0 Å². The molecule has 21 heavy (non-hydrogen) atoms. The molecule has 0 unspecified atom stereocenters. The van der Waals surface area contributed by atoms with Gasteiger partial charge in [0, 0.05) is 39.3 Å². The fourth-order valence-corrected chi connectivity index (χ4v) is 2.90. The molecule has 7 heteroatoms. The molecule has 3 heterocycles. The second-order valence-corrected chi connectivity index (χ2v) is 5.91. The quantitative estimate of drug-likeness (QED) is 0.846. The number of aromatic nitrogens is 2. The fourth-order valence-electron chi connectivity index (χ4n) is 2.90. The smallest absolute Gasteiger partial charge is 0.169 e. The van der Waals surface area contributed by atoms with Gasteiger partial charge < -0.3 is 21.0 Å². The summed E-state index contributed by atoms with van der Waals surface area (Å²) >= 11 is 0. The summed E-state index contributed by atoms with van der Waals surface area (Å²) in [5, 5.41) is 2.18. The van der Waals surface area contributed by atoms with Gasteiger partial charge >= 0.3 is 0 Å². The molecule has 3 rings (SSSR count). The van der Waals surface area contributed by atoms with Crippen LogP contribution < -0.4 is 16.1 Å². The van der Waals surface area contributed by atoms with Crippen LogP contribution in [-0.2, 0) is 0 Å². The van der Waals surface area contributed by atoms with Crippen molar-refractivity contribution < 1.29 is 0 Å². The maximum absolute atomic E-state index is 6.29. The Morgan fingerprint density at radius 1 is 1.00 bits per heavy atom. The van der Waals surface area contributed by atoms with Crippen molar-refractivity contribution in [2.45, 2.75) is 19.3 Å². The second kappa shape index (κ2) is 6.44. The van der Waals surface area contributed by atoms with E-state index < -0.39 is 0 Å². The summed E-state index contributed by atoms with van der Waals surface area (Å²) < 4.78 is 0. The van der Waals surface area contributed by atoms with Gasteiger partial charge in [-0.15, -0.1) is 0 Å². The predicted octanol–water partition coefficient (Wildman–Crippen LogP) is 0.623. The Labute approximate surface area is 126 Å². The van der Waals surface area contributed by atoms with E-state index in [0.29, 0.717) is 5.69 Å². The zero-order chi connectivity index (χ0) is 14.7. The molecule has 0 atom stereocenters. The summed E-state index contributed by atoms with van der Waals surface area (Å²) in [6.07, 6.45) is 5.34. The third-order valence-electron chi connectivity index (χ3n) is 4.29. The summed E-state index contributed by atoms with van der Waals surface area (Å²) in [5.41, 5.74) is 10.3. The number of nitrogen functional groups attached to an aromatic ring is 1. The summed E-state index contributed by atoms with van der Waals surface area (Å²) in [7, 11) is 2.14. The number of nitrogens with two attached hydrogens (primary N) is 1. The van der Waals surface area contributed by atoms with E-state index in [1.165, 1.54) is 19.3 Å². The lowest BCUT2D eigenvalue weighted by Gasteiger charge is -2.33. The summed E-state index contributed by atoms with van der Waals surface area (Å²) in [6.45, 7) is 6.12. The topological polar surface area (TPSA) is 73.5 Å². The molecule has 0 aromatic carbocycles. The highest BCUT2D eigenvalue weighted by atomic mass is 15.5. The van der Waals surface area contributed by atoms with Crippen molar-refractivity contribution in [1.82, 2.24) is 19.9 Å². The van der Waals surface area contributed by atoms with E-state index in [9.17, 15) is 0 Å². The largest absolute Gasteiger partial charge is 0.393 e. The van der Waals surface area contributed by atoms with Crippen LogP contribution in [0.3, 0.4) is 0 Å². The fraction of sp³-hybridized carbons (Fsp3) is 0.714. The summed E-state index contributed by atoms with van der Waals surface area (Å²) in [6, 6.07) is 0. The molecule has 3 N–H and O–H groups in total. The minimum Gasteiger partial charge on any atom is -0.393 e. The lowest BCUT2D eigenvalue weighted by atomic mass is 10.1. The standard InChI is InChI=1S/C14H25N7/c1-19-7-9-21(10-8-19)18-13-12(15)14(17-11-16-13)20-5-3-2-4-6-20/h11H,2-10,15H2,1H3,(H,16,17,18). The first-order valence-corrected chi connectivity index (χ1v) is 7.79. The molecule has 0 amide bonds. The first-order valence-electron chi connectivity index (χ1n) is 7.79. The van der Waals surface area contributed by atoms with Gasteiger partial charge in [0.2, 0.25) is 0 Å². The Morgan fingerprint density at radius 3 is 2.43 bits per heavy atom. The summed E-state index contributed by atoms with van der Waals surface area (Å²) in [4.78, 5) is 13.3. The van der Waals surface area contributed by atoms with E-state index >= 15 is 0 Å². The number of hydrazine groups is 1. The number of hydrogen-bond donors (Lipinski definition) is 2. The van der Waals surface area contributed by atoms with E-state index in [1.54, 1.807) is 6.33 Å². The third-order valence-corrected chi connectivity index (χ3v) is 4.29. The van der Waals surface area contributed by atoms with Crippen LogP contribution in [0.1, 0.15) is 19.3 Å². The van der Waals surface area contributed by atoms with E-state index in [2.05, 4.69) is 37.3 Å². The first-order chi connectivity index (χ1) is 10.2. The SMILES string of the molecule is CN1CCN(Nc2ncnc(N3CCCCC3)c2N)CC1. The summed E-state index contributed by atoms with van der Waals surface area (Å²) in [5.74, 6) is 1.61. The molecule has 1 aromatic heterocycles. The molecule has 2 saturated heterocycles. The van der Waals surface area contributed by atoms with Crippen LogP contribution in [0.15, 0.2) is 6.33 Å². The van der Waals surface area contributed by atoms with Gasteiger partial charge in [-0.1, -0.05) is 0 Å². The Kier molecular flexibility index (Phi) is 4.40. The monoisotopic (exact) mass is 291 g/mol. The van der Waals surface area contributed by atoms with Gasteiger partial charge in [-0.3, -0.25) is 0 Å². The number of hydrogen-bond acceptors (Lipinski definition) is 7. The lowest BCUT2D eigenvalue weighted by Crippen LogP contribution is -2.47. The van der Waals surface area contributed by atoms with Crippen LogP contribution in [0.4, 0.5) is 17.3 Å². The van der Waals surface area contributed by atoms with Crippen molar-refractivity contribution in [2.75, 3.05) is 62.4 Å².